The van der Waals surface area contributed by atoms with Crippen LogP contribution in [0.25, 0.3) is 28.0 Å². The first kappa shape index (κ1) is 21.2. The topological polar surface area (TPSA) is 50.1 Å². The molecule has 1 aliphatic rings. The zero-order valence-electron chi connectivity index (χ0n) is 19.7. The molecule has 0 amide bonds. The lowest BCUT2D eigenvalue weighted by Crippen LogP contribution is -2.34. The highest BCUT2D eigenvalue weighted by atomic mass is 16.5. The number of hydrogen-bond donors (Lipinski definition) is 0. The van der Waals surface area contributed by atoms with E-state index in [0.717, 1.165) is 50.1 Å². The lowest BCUT2D eigenvalue weighted by molar-refractivity contribution is 0.157. The van der Waals surface area contributed by atoms with Crippen LogP contribution in [0, 0.1) is 0 Å². The molecule has 4 aromatic carbocycles. The number of ether oxygens (including phenoxy) is 4. The minimum atomic E-state index is -0.926. The Morgan fingerprint density at radius 1 is 0.714 bits per heavy atom. The SMILES string of the molecule is COc1ccc(C2(c3ccc(OC)cc3OC)C=Cc3c(ccc4oc5ccccc5c34)O2)cc1. The molecule has 0 fully saturated rings. The van der Waals surface area contributed by atoms with Gasteiger partial charge in [0.1, 0.15) is 34.2 Å². The molecule has 0 bridgehead atoms. The number of furan rings is 1. The quantitative estimate of drug-likeness (QED) is 0.281. The van der Waals surface area contributed by atoms with Gasteiger partial charge in [-0.25, -0.2) is 0 Å². The molecule has 5 aromatic rings. The summed E-state index contributed by atoms with van der Waals surface area (Å²) in [6.07, 6.45) is 4.21. The van der Waals surface area contributed by atoms with Gasteiger partial charge in [0.2, 0.25) is 0 Å². The number of benzene rings is 4. The van der Waals surface area contributed by atoms with E-state index in [-0.39, 0.29) is 0 Å². The molecule has 0 aliphatic carbocycles. The predicted molar refractivity (Wildman–Crippen MR) is 137 cm³/mol. The van der Waals surface area contributed by atoms with E-state index in [0.29, 0.717) is 11.5 Å². The average Bonchev–Trinajstić information content (AvgIpc) is 3.31. The van der Waals surface area contributed by atoms with E-state index in [9.17, 15) is 0 Å². The molecule has 0 spiro atoms. The average molecular weight is 465 g/mol. The molecule has 1 aliphatic heterocycles. The number of methoxy groups -OCH3 is 3. The van der Waals surface area contributed by atoms with Crippen LogP contribution in [0.1, 0.15) is 16.7 Å². The Bertz CT molecular complexity index is 1580. The van der Waals surface area contributed by atoms with Gasteiger partial charge in [-0.2, -0.15) is 0 Å². The van der Waals surface area contributed by atoms with Crippen LogP contribution in [0.5, 0.6) is 23.0 Å². The van der Waals surface area contributed by atoms with Gasteiger partial charge in [-0.1, -0.05) is 30.3 Å². The Labute approximate surface area is 203 Å². The van der Waals surface area contributed by atoms with Gasteiger partial charge in [0.15, 0.2) is 5.60 Å². The van der Waals surface area contributed by atoms with Gasteiger partial charge in [0.25, 0.3) is 0 Å². The monoisotopic (exact) mass is 464 g/mol. The van der Waals surface area contributed by atoms with Gasteiger partial charge < -0.3 is 23.4 Å². The number of rotatable bonds is 5. The van der Waals surface area contributed by atoms with Crippen LogP contribution in [0.2, 0.25) is 0 Å². The first-order valence-electron chi connectivity index (χ1n) is 11.4. The highest BCUT2D eigenvalue weighted by Gasteiger charge is 2.40. The molecular formula is C30H24O5. The summed E-state index contributed by atoms with van der Waals surface area (Å²) in [4.78, 5) is 0. The zero-order valence-corrected chi connectivity index (χ0v) is 19.7. The van der Waals surface area contributed by atoms with Crippen LogP contribution >= 0.6 is 0 Å². The maximum atomic E-state index is 6.92. The summed E-state index contributed by atoms with van der Waals surface area (Å²) >= 11 is 0. The van der Waals surface area contributed by atoms with Crippen molar-refractivity contribution in [3.05, 3.63) is 102 Å². The maximum Gasteiger partial charge on any atom is 0.181 e. The minimum Gasteiger partial charge on any atom is -0.497 e. The normalized spacial score (nSPS) is 16.7. The van der Waals surface area contributed by atoms with Crippen LogP contribution in [-0.4, -0.2) is 21.3 Å². The van der Waals surface area contributed by atoms with E-state index < -0.39 is 5.60 Å². The molecule has 0 N–H and O–H groups in total. The summed E-state index contributed by atoms with van der Waals surface area (Å²) < 4.78 is 29.6. The molecule has 1 aromatic heterocycles. The van der Waals surface area contributed by atoms with E-state index in [1.807, 2.05) is 72.8 Å². The Balaban J connectivity index is 1.60. The van der Waals surface area contributed by atoms with Gasteiger partial charge in [-0.15, -0.1) is 0 Å². The van der Waals surface area contributed by atoms with E-state index in [4.69, 9.17) is 23.4 Å². The number of hydrogen-bond acceptors (Lipinski definition) is 5. The highest BCUT2D eigenvalue weighted by Crippen LogP contribution is 2.48. The molecule has 174 valence electrons. The third-order valence-corrected chi connectivity index (χ3v) is 6.63. The second kappa shape index (κ2) is 8.13. The molecule has 5 heteroatoms. The van der Waals surface area contributed by atoms with Gasteiger partial charge in [-0.3, -0.25) is 0 Å². The van der Waals surface area contributed by atoms with Gasteiger partial charge >= 0.3 is 0 Å². The Morgan fingerprint density at radius 3 is 2.26 bits per heavy atom. The fourth-order valence-corrected chi connectivity index (χ4v) is 4.89. The van der Waals surface area contributed by atoms with Gasteiger partial charge in [0.05, 0.1) is 21.3 Å². The largest absolute Gasteiger partial charge is 0.497 e. The minimum absolute atomic E-state index is 0.670. The Hall–Kier alpha value is -4.38. The molecule has 0 saturated carbocycles. The van der Waals surface area contributed by atoms with Crippen molar-refractivity contribution in [3.63, 3.8) is 0 Å². The van der Waals surface area contributed by atoms with Crippen molar-refractivity contribution in [2.45, 2.75) is 5.60 Å². The summed E-state index contributed by atoms with van der Waals surface area (Å²) in [6.45, 7) is 0. The predicted octanol–water partition coefficient (Wildman–Crippen LogP) is 6.96. The van der Waals surface area contributed by atoms with Gasteiger partial charge in [-0.05, 0) is 54.6 Å². The van der Waals surface area contributed by atoms with Crippen molar-refractivity contribution in [1.29, 1.82) is 0 Å². The molecule has 1 unspecified atom stereocenters. The lowest BCUT2D eigenvalue weighted by atomic mass is 9.82. The molecular weight excluding hydrogens is 440 g/mol. The van der Waals surface area contributed by atoms with Crippen LogP contribution in [0.4, 0.5) is 0 Å². The van der Waals surface area contributed by atoms with Crippen molar-refractivity contribution < 1.29 is 23.4 Å². The Morgan fingerprint density at radius 2 is 1.49 bits per heavy atom. The van der Waals surface area contributed by atoms with E-state index in [1.165, 1.54) is 0 Å². The fourth-order valence-electron chi connectivity index (χ4n) is 4.89. The van der Waals surface area contributed by atoms with Crippen LogP contribution in [0.3, 0.4) is 0 Å². The van der Waals surface area contributed by atoms with Gasteiger partial charge in [0, 0.05) is 33.5 Å². The molecule has 1 atom stereocenters. The van der Waals surface area contributed by atoms with E-state index >= 15 is 0 Å². The van der Waals surface area contributed by atoms with Crippen molar-refractivity contribution >= 4 is 28.0 Å². The fraction of sp³-hybridized carbons (Fsp3) is 0.133. The first-order valence-corrected chi connectivity index (χ1v) is 11.4. The van der Waals surface area contributed by atoms with E-state index in [1.54, 1.807) is 21.3 Å². The summed E-state index contributed by atoms with van der Waals surface area (Å²) in [5, 5.41) is 2.10. The van der Waals surface area contributed by atoms with Crippen LogP contribution in [0.15, 0.2) is 89.4 Å². The molecule has 0 saturated heterocycles. The van der Waals surface area contributed by atoms with Crippen molar-refractivity contribution in [2.75, 3.05) is 21.3 Å². The maximum absolute atomic E-state index is 6.92. The van der Waals surface area contributed by atoms with E-state index in [2.05, 4.69) is 18.2 Å². The number of para-hydroxylation sites is 1. The summed E-state index contributed by atoms with van der Waals surface area (Å²) in [5.74, 6) is 2.92. The summed E-state index contributed by atoms with van der Waals surface area (Å²) in [6, 6.07) is 25.7. The third-order valence-electron chi connectivity index (χ3n) is 6.63. The number of fused-ring (bicyclic) bond motifs is 5. The summed E-state index contributed by atoms with van der Waals surface area (Å²) in [5.41, 5.74) is 3.56. The van der Waals surface area contributed by atoms with Crippen molar-refractivity contribution in [3.8, 4) is 23.0 Å². The molecule has 0 radical (unpaired) electrons. The lowest BCUT2D eigenvalue weighted by Gasteiger charge is -2.37. The Kier molecular flexibility index (Phi) is 4.92. The van der Waals surface area contributed by atoms with Crippen molar-refractivity contribution in [2.24, 2.45) is 0 Å². The molecule has 6 rings (SSSR count). The smallest absolute Gasteiger partial charge is 0.181 e. The zero-order chi connectivity index (χ0) is 24.0. The van der Waals surface area contributed by atoms with Crippen molar-refractivity contribution in [1.82, 2.24) is 0 Å². The highest BCUT2D eigenvalue weighted by molar-refractivity contribution is 6.10. The second-order valence-electron chi connectivity index (χ2n) is 8.41. The standard InChI is InChI=1S/C30H24O5/c1-31-20-10-8-19(9-11-20)30(24-13-12-21(32-2)18-28(24)33-3)17-16-23-26(35-30)14-15-27-29(23)22-6-4-5-7-25(22)34-27/h4-18H,1-3H3. The third kappa shape index (κ3) is 3.23. The molecule has 35 heavy (non-hydrogen) atoms. The summed E-state index contributed by atoms with van der Waals surface area (Å²) in [7, 11) is 4.95. The molecule has 2 heterocycles. The first-order chi connectivity index (χ1) is 17.2. The van der Waals surface area contributed by atoms with Crippen LogP contribution < -0.4 is 18.9 Å². The second-order valence-corrected chi connectivity index (χ2v) is 8.41. The van der Waals surface area contributed by atoms with Crippen LogP contribution in [-0.2, 0) is 5.60 Å². The molecule has 5 nitrogen and oxygen atoms in total.